The number of nitrogens with zero attached hydrogens (tertiary/aromatic N) is 2. The standard InChI is InChI=1S/C17H20F3N3O4/c18-17(19,20)10-27-13-11(3-2-6-21-13)7-22-15(26)23-8-12-4-1-5-16(12,9-23)14(24)25/h2-3,6,12H,1,4-5,7-10H2,(H,22,26)(H,24,25)/t12-,16+/m0/s1. The van der Waals surface area contributed by atoms with Crippen molar-refractivity contribution in [2.24, 2.45) is 11.3 Å². The highest BCUT2D eigenvalue weighted by Crippen LogP contribution is 2.48. The Hall–Kier alpha value is -2.52. The second kappa shape index (κ2) is 7.24. The molecule has 148 valence electrons. The molecule has 0 unspecified atom stereocenters. The van der Waals surface area contributed by atoms with Crippen molar-refractivity contribution >= 4 is 12.0 Å². The van der Waals surface area contributed by atoms with Crippen LogP contribution in [-0.4, -0.2) is 52.9 Å². The van der Waals surface area contributed by atoms with Gasteiger partial charge in [0.25, 0.3) is 0 Å². The number of carbonyl (C=O) groups is 2. The summed E-state index contributed by atoms with van der Waals surface area (Å²) in [6.07, 6.45) is -1.03. The van der Waals surface area contributed by atoms with Crippen molar-refractivity contribution in [1.82, 2.24) is 15.2 Å². The van der Waals surface area contributed by atoms with Crippen molar-refractivity contribution in [1.29, 1.82) is 0 Å². The van der Waals surface area contributed by atoms with E-state index in [4.69, 9.17) is 0 Å². The van der Waals surface area contributed by atoms with Crippen LogP contribution in [0.4, 0.5) is 18.0 Å². The van der Waals surface area contributed by atoms with E-state index in [-0.39, 0.29) is 24.9 Å². The molecule has 7 nitrogen and oxygen atoms in total. The van der Waals surface area contributed by atoms with Crippen LogP contribution in [0.2, 0.25) is 0 Å². The number of nitrogens with one attached hydrogen (secondary N) is 1. The fraction of sp³-hybridized carbons (Fsp3) is 0.588. The first-order valence-corrected chi connectivity index (χ1v) is 8.61. The van der Waals surface area contributed by atoms with Crippen LogP contribution < -0.4 is 10.1 Å². The van der Waals surface area contributed by atoms with E-state index in [2.05, 4.69) is 15.0 Å². The summed E-state index contributed by atoms with van der Waals surface area (Å²) in [6, 6.07) is 2.59. The highest BCUT2D eigenvalue weighted by Gasteiger charge is 2.55. The van der Waals surface area contributed by atoms with E-state index in [1.54, 1.807) is 0 Å². The molecule has 1 aliphatic heterocycles. The number of aromatic nitrogens is 1. The van der Waals surface area contributed by atoms with Crippen LogP contribution in [0.25, 0.3) is 0 Å². The van der Waals surface area contributed by atoms with Gasteiger partial charge in [-0.2, -0.15) is 13.2 Å². The van der Waals surface area contributed by atoms with Gasteiger partial charge < -0.3 is 20.1 Å². The molecular weight excluding hydrogens is 367 g/mol. The Morgan fingerprint density at radius 1 is 1.44 bits per heavy atom. The quantitative estimate of drug-likeness (QED) is 0.810. The number of urea groups is 1. The number of rotatable bonds is 5. The topological polar surface area (TPSA) is 91.8 Å². The summed E-state index contributed by atoms with van der Waals surface area (Å²) in [5, 5.41) is 12.2. The summed E-state index contributed by atoms with van der Waals surface area (Å²) in [5.74, 6) is -1.14. The molecule has 1 aliphatic carbocycles. The number of hydrogen-bond acceptors (Lipinski definition) is 4. The van der Waals surface area contributed by atoms with Crippen LogP contribution in [0.1, 0.15) is 24.8 Å². The van der Waals surface area contributed by atoms with Crippen LogP contribution in [0.3, 0.4) is 0 Å². The van der Waals surface area contributed by atoms with Gasteiger partial charge in [0.15, 0.2) is 6.61 Å². The van der Waals surface area contributed by atoms with Crippen LogP contribution in [0, 0.1) is 11.3 Å². The SMILES string of the molecule is O=C(NCc1cccnc1OCC(F)(F)F)N1C[C@@H]2CCC[C@@]2(C(=O)O)C1. The predicted molar refractivity (Wildman–Crippen MR) is 87.0 cm³/mol. The largest absolute Gasteiger partial charge is 0.481 e. The molecule has 0 bridgehead atoms. The molecule has 2 atom stereocenters. The summed E-state index contributed by atoms with van der Waals surface area (Å²) in [7, 11) is 0. The van der Waals surface area contributed by atoms with Crippen LogP contribution >= 0.6 is 0 Å². The number of pyridine rings is 1. The average Bonchev–Trinajstić information content (AvgIpc) is 3.16. The normalized spacial score (nSPS) is 24.6. The number of halogens is 3. The Kier molecular flexibility index (Phi) is 5.16. The zero-order valence-electron chi connectivity index (χ0n) is 14.5. The van der Waals surface area contributed by atoms with E-state index in [0.717, 1.165) is 12.8 Å². The number of carboxylic acid groups (broad SMARTS) is 1. The van der Waals surface area contributed by atoms with Gasteiger partial charge in [0.1, 0.15) is 0 Å². The van der Waals surface area contributed by atoms with Crippen molar-refractivity contribution in [3.8, 4) is 5.88 Å². The third kappa shape index (κ3) is 4.09. The van der Waals surface area contributed by atoms with Crippen LogP contribution in [-0.2, 0) is 11.3 Å². The second-order valence-electron chi connectivity index (χ2n) is 6.96. The van der Waals surface area contributed by atoms with Gasteiger partial charge in [-0.3, -0.25) is 4.79 Å². The van der Waals surface area contributed by atoms with E-state index in [0.29, 0.717) is 18.5 Å². The number of alkyl halides is 3. The molecule has 2 amide bonds. The molecule has 2 aliphatic rings. The predicted octanol–water partition coefficient (Wildman–Crippen LogP) is 2.42. The molecule has 1 aromatic rings. The van der Waals surface area contributed by atoms with Crippen molar-refractivity contribution in [3.05, 3.63) is 23.9 Å². The van der Waals surface area contributed by atoms with Gasteiger partial charge in [-0.25, -0.2) is 9.78 Å². The highest BCUT2D eigenvalue weighted by atomic mass is 19.4. The Labute approximate surface area is 153 Å². The number of likely N-dealkylation sites (tertiary alicyclic amines) is 1. The number of amides is 2. The minimum Gasteiger partial charge on any atom is -0.481 e. The van der Waals surface area contributed by atoms with Gasteiger partial charge in [-0.15, -0.1) is 0 Å². The molecule has 2 N–H and O–H groups in total. The molecule has 2 fully saturated rings. The monoisotopic (exact) mass is 387 g/mol. The first-order chi connectivity index (χ1) is 12.7. The van der Waals surface area contributed by atoms with Gasteiger partial charge in [0, 0.05) is 31.4 Å². The number of hydrogen-bond donors (Lipinski definition) is 2. The molecule has 10 heteroatoms. The Morgan fingerprint density at radius 3 is 2.89 bits per heavy atom. The summed E-state index contributed by atoms with van der Waals surface area (Å²) in [5.41, 5.74) is -0.575. The average molecular weight is 387 g/mol. The Morgan fingerprint density at radius 2 is 2.22 bits per heavy atom. The second-order valence-corrected chi connectivity index (χ2v) is 6.96. The first kappa shape index (κ1) is 19.2. The lowest BCUT2D eigenvalue weighted by Crippen LogP contribution is -2.41. The molecule has 1 saturated carbocycles. The number of aliphatic carboxylic acids is 1. The minimum atomic E-state index is -4.49. The zero-order chi connectivity index (χ0) is 19.7. The van der Waals surface area contributed by atoms with Crippen molar-refractivity contribution in [2.75, 3.05) is 19.7 Å². The lowest BCUT2D eigenvalue weighted by Gasteiger charge is -2.23. The van der Waals surface area contributed by atoms with E-state index in [9.17, 15) is 27.9 Å². The van der Waals surface area contributed by atoms with E-state index >= 15 is 0 Å². The van der Waals surface area contributed by atoms with E-state index in [1.807, 2.05) is 0 Å². The lowest BCUT2D eigenvalue weighted by molar-refractivity contribution is -0.154. The van der Waals surface area contributed by atoms with Crippen molar-refractivity contribution in [3.63, 3.8) is 0 Å². The molecule has 1 aromatic heterocycles. The smallest absolute Gasteiger partial charge is 0.422 e. The molecular formula is C17H20F3N3O4. The number of ether oxygens (including phenoxy) is 1. The Bertz CT molecular complexity index is 728. The molecule has 0 aromatic carbocycles. The molecule has 0 spiro atoms. The number of carboxylic acids is 1. The lowest BCUT2D eigenvalue weighted by atomic mass is 9.81. The van der Waals surface area contributed by atoms with E-state index < -0.39 is 30.2 Å². The third-order valence-corrected chi connectivity index (χ3v) is 5.24. The zero-order valence-corrected chi connectivity index (χ0v) is 14.5. The summed E-state index contributed by atoms with van der Waals surface area (Å²) in [4.78, 5) is 29.3. The third-order valence-electron chi connectivity index (χ3n) is 5.24. The number of fused-ring (bicyclic) bond motifs is 1. The molecule has 0 radical (unpaired) electrons. The van der Waals surface area contributed by atoms with Crippen LogP contribution in [0.5, 0.6) is 5.88 Å². The molecule has 2 heterocycles. The van der Waals surface area contributed by atoms with Crippen molar-refractivity contribution < 1.29 is 32.6 Å². The first-order valence-electron chi connectivity index (χ1n) is 8.61. The summed E-state index contributed by atoms with van der Waals surface area (Å²) in [6.45, 7) is -1.03. The minimum absolute atomic E-state index is 0.0650. The van der Waals surface area contributed by atoms with Gasteiger partial charge in [-0.1, -0.05) is 12.5 Å². The fourth-order valence-electron chi connectivity index (χ4n) is 3.92. The summed E-state index contributed by atoms with van der Waals surface area (Å²) < 4.78 is 41.7. The van der Waals surface area contributed by atoms with E-state index in [1.165, 1.54) is 23.2 Å². The van der Waals surface area contributed by atoms with Gasteiger partial charge in [0.05, 0.1) is 5.41 Å². The van der Waals surface area contributed by atoms with Crippen molar-refractivity contribution in [2.45, 2.75) is 32.0 Å². The van der Waals surface area contributed by atoms with Gasteiger partial charge in [-0.05, 0) is 24.8 Å². The van der Waals surface area contributed by atoms with Gasteiger partial charge in [0.2, 0.25) is 5.88 Å². The maximum Gasteiger partial charge on any atom is 0.422 e. The van der Waals surface area contributed by atoms with Crippen LogP contribution in [0.15, 0.2) is 18.3 Å². The maximum absolute atomic E-state index is 12.4. The Balaban J connectivity index is 1.60. The highest BCUT2D eigenvalue weighted by molar-refractivity contribution is 5.80. The summed E-state index contributed by atoms with van der Waals surface area (Å²) >= 11 is 0. The molecule has 1 saturated heterocycles. The fourth-order valence-corrected chi connectivity index (χ4v) is 3.92. The van der Waals surface area contributed by atoms with Gasteiger partial charge >= 0.3 is 18.2 Å². The number of carbonyl (C=O) groups excluding carboxylic acids is 1. The maximum atomic E-state index is 12.4. The molecule has 27 heavy (non-hydrogen) atoms. The molecule has 3 rings (SSSR count).